The van der Waals surface area contributed by atoms with Gasteiger partial charge in [0.1, 0.15) is 11.6 Å². The number of benzene rings is 1. The molecule has 0 aliphatic rings. The zero-order valence-corrected chi connectivity index (χ0v) is 7.99. The quantitative estimate of drug-likeness (QED) is 0.614. The van der Waals surface area contributed by atoms with Gasteiger partial charge in [0.25, 0.3) is 0 Å². The van der Waals surface area contributed by atoms with Crippen LogP contribution in [-0.2, 0) is 0 Å². The monoisotopic (exact) mass is 238 g/mol. The minimum absolute atomic E-state index is 0.231. The summed E-state index contributed by atoms with van der Waals surface area (Å²) in [7, 11) is 0. The Morgan fingerprint density at radius 2 is 2.00 bits per heavy atom. The average Bonchev–Trinajstić information content (AvgIpc) is 2.05. The van der Waals surface area contributed by atoms with Crippen molar-refractivity contribution in [2.75, 3.05) is 0 Å². The molecule has 3 N–H and O–H groups in total. The number of nitrogens with two attached hydrogens (primary N) is 1. The van der Waals surface area contributed by atoms with E-state index in [4.69, 9.17) is 22.7 Å². The Balaban J connectivity index is 2.99. The largest absolute Gasteiger partial charge is 0.573 e. The molecule has 82 valence electrons. The maximum Gasteiger partial charge on any atom is 0.573 e. The molecule has 0 fully saturated rings. The molecule has 15 heavy (non-hydrogen) atoms. The molecular weight excluding hydrogens is 233 g/mol. The molecule has 7 heteroatoms. The van der Waals surface area contributed by atoms with Crippen LogP contribution in [0, 0.1) is 5.41 Å². The predicted molar refractivity (Wildman–Crippen MR) is 49.2 cm³/mol. The Morgan fingerprint density at radius 1 is 1.40 bits per heavy atom. The minimum atomic E-state index is -4.79. The van der Waals surface area contributed by atoms with Crippen LogP contribution in [-0.4, -0.2) is 12.2 Å². The molecule has 1 aromatic carbocycles. The van der Waals surface area contributed by atoms with Gasteiger partial charge in [-0.1, -0.05) is 11.6 Å². The lowest BCUT2D eigenvalue weighted by atomic mass is 10.2. The number of nitrogen functional groups attached to an aromatic ring is 1. The fraction of sp³-hybridized carbons (Fsp3) is 0.125. The van der Waals surface area contributed by atoms with E-state index in [9.17, 15) is 13.2 Å². The van der Waals surface area contributed by atoms with Crippen LogP contribution in [0.5, 0.6) is 5.75 Å². The highest BCUT2D eigenvalue weighted by atomic mass is 35.5. The molecule has 0 aliphatic heterocycles. The summed E-state index contributed by atoms with van der Waals surface area (Å²) in [4.78, 5) is 0. The van der Waals surface area contributed by atoms with E-state index in [0.717, 1.165) is 12.1 Å². The summed E-state index contributed by atoms with van der Waals surface area (Å²) in [5, 5.41) is 6.79. The summed E-state index contributed by atoms with van der Waals surface area (Å²) < 4.78 is 39.1. The van der Waals surface area contributed by atoms with E-state index >= 15 is 0 Å². The fourth-order valence-electron chi connectivity index (χ4n) is 0.876. The van der Waals surface area contributed by atoms with Crippen LogP contribution in [0.25, 0.3) is 0 Å². The van der Waals surface area contributed by atoms with Crippen LogP contribution < -0.4 is 10.5 Å². The molecule has 1 rings (SSSR count). The molecule has 0 unspecified atom stereocenters. The Morgan fingerprint density at radius 3 is 2.40 bits per heavy atom. The maximum atomic E-state index is 11.8. The molecular formula is C8H6ClF3N2O. The number of hydrogen-bond donors (Lipinski definition) is 2. The predicted octanol–water partition coefficient (Wildman–Crippen LogP) is 2.52. The second-order valence-corrected chi connectivity index (χ2v) is 3.01. The maximum absolute atomic E-state index is 11.8. The SMILES string of the molecule is N=C(N)c1ccc(OC(F)(F)F)c(Cl)c1. The molecule has 0 amide bonds. The second-order valence-electron chi connectivity index (χ2n) is 2.61. The lowest BCUT2D eigenvalue weighted by Crippen LogP contribution is -2.18. The number of halogens is 4. The van der Waals surface area contributed by atoms with E-state index in [-0.39, 0.29) is 16.4 Å². The number of alkyl halides is 3. The Labute approximate surface area is 88.1 Å². The van der Waals surface area contributed by atoms with Crippen LogP contribution in [0.15, 0.2) is 18.2 Å². The third-order valence-corrected chi connectivity index (χ3v) is 1.76. The Bertz CT molecular complexity index is 392. The first-order valence-electron chi connectivity index (χ1n) is 3.69. The molecule has 0 bridgehead atoms. The molecule has 0 radical (unpaired) electrons. The summed E-state index contributed by atoms with van der Waals surface area (Å²) in [5.74, 6) is -0.801. The van der Waals surface area contributed by atoms with Gasteiger partial charge in [-0.05, 0) is 18.2 Å². The summed E-state index contributed by atoms with van der Waals surface area (Å²) in [6, 6.07) is 3.35. The molecule has 0 spiro atoms. The third-order valence-electron chi connectivity index (χ3n) is 1.47. The van der Waals surface area contributed by atoms with Gasteiger partial charge in [-0.15, -0.1) is 13.2 Å². The zero-order chi connectivity index (χ0) is 11.6. The van der Waals surface area contributed by atoms with E-state index in [1.54, 1.807) is 0 Å². The topological polar surface area (TPSA) is 59.1 Å². The highest BCUT2D eigenvalue weighted by Gasteiger charge is 2.32. The lowest BCUT2D eigenvalue weighted by Gasteiger charge is -2.10. The molecule has 0 aliphatic carbocycles. The first-order valence-corrected chi connectivity index (χ1v) is 4.07. The molecule has 0 saturated heterocycles. The molecule has 0 heterocycles. The van der Waals surface area contributed by atoms with E-state index in [0.29, 0.717) is 0 Å². The molecule has 0 aromatic heterocycles. The van der Waals surface area contributed by atoms with Gasteiger partial charge in [0.05, 0.1) is 5.02 Å². The van der Waals surface area contributed by atoms with E-state index in [1.807, 2.05) is 0 Å². The van der Waals surface area contributed by atoms with Crippen molar-refractivity contribution in [3.63, 3.8) is 0 Å². The van der Waals surface area contributed by atoms with Crippen molar-refractivity contribution >= 4 is 17.4 Å². The van der Waals surface area contributed by atoms with Crippen molar-refractivity contribution < 1.29 is 17.9 Å². The van der Waals surface area contributed by atoms with E-state index < -0.39 is 12.1 Å². The Hall–Kier alpha value is -1.43. The summed E-state index contributed by atoms with van der Waals surface area (Å²) in [6.07, 6.45) is -4.79. The fourth-order valence-corrected chi connectivity index (χ4v) is 1.09. The van der Waals surface area contributed by atoms with Crippen molar-refractivity contribution in [3.8, 4) is 5.75 Å². The van der Waals surface area contributed by atoms with Crippen LogP contribution >= 0.6 is 11.6 Å². The van der Waals surface area contributed by atoms with E-state index in [1.165, 1.54) is 6.07 Å². The van der Waals surface area contributed by atoms with Gasteiger partial charge in [-0.2, -0.15) is 0 Å². The first-order chi connectivity index (χ1) is 6.79. The van der Waals surface area contributed by atoms with Gasteiger partial charge in [-0.3, -0.25) is 5.41 Å². The second kappa shape index (κ2) is 3.98. The smallest absolute Gasteiger partial charge is 0.404 e. The highest BCUT2D eigenvalue weighted by molar-refractivity contribution is 6.32. The van der Waals surface area contributed by atoms with Crippen molar-refractivity contribution in [2.24, 2.45) is 5.73 Å². The van der Waals surface area contributed by atoms with E-state index in [2.05, 4.69) is 4.74 Å². The molecule has 0 saturated carbocycles. The zero-order valence-electron chi connectivity index (χ0n) is 7.23. The van der Waals surface area contributed by atoms with Gasteiger partial charge in [-0.25, -0.2) is 0 Å². The van der Waals surface area contributed by atoms with Crippen LogP contribution in [0.2, 0.25) is 5.02 Å². The highest BCUT2D eigenvalue weighted by Crippen LogP contribution is 2.30. The summed E-state index contributed by atoms with van der Waals surface area (Å²) >= 11 is 5.50. The number of nitrogens with one attached hydrogen (secondary N) is 1. The van der Waals surface area contributed by atoms with Crippen LogP contribution in [0.4, 0.5) is 13.2 Å². The average molecular weight is 239 g/mol. The van der Waals surface area contributed by atoms with Crippen molar-refractivity contribution in [2.45, 2.75) is 6.36 Å². The van der Waals surface area contributed by atoms with Gasteiger partial charge in [0.15, 0.2) is 0 Å². The minimum Gasteiger partial charge on any atom is -0.404 e. The number of amidine groups is 1. The first kappa shape index (κ1) is 11.6. The number of ether oxygens (including phenoxy) is 1. The number of rotatable bonds is 2. The van der Waals surface area contributed by atoms with Crippen molar-refractivity contribution in [3.05, 3.63) is 28.8 Å². The third kappa shape index (κ3) is 3.32. The summed E-state index contributed by atoms with van der Waals surface area (Å²) in [5.41, 5.74) is 5.35. The summed E-state index contributed by atoms with van der Waals surface area (Å²) in [6.45, 7) is 0. The Kier molecular flexibility index (Phi) is 3.09. The molecule has 0 atom stereocenters. The van der Waals surface area contributed by atoms with Crippen LogP contribution in [0.1, 0.15) is 5.56 Å². The van der Waals surface area contributed by atoms with Gasteiger partial charge < -0.3 is 10.5 Å². The molecule has 3 nitrogen and oxygen atoms in total. The number of hydrogen-bond acceptors (Lipinski definition) is 2. The van der Waals surface area contributed by atoms with Crippen molar-refractivity contribution in [1.82, 2.24) is 0 Å². The van der Waals surface area contributed by atoms with Gasteiger partial charge in [0, 0.05) is 5.56 Å². The lowest BCUT2D eigenvalue weighted by molar-refractivity contribution is -0.274. The standard InChI is InChI=1S/C8H6ClF3N2O/c9-5-3-4(7(13)14)1-2-6(5)15-8(10,11)12/h1-3H,(H3,13,14). The van der Waals surface area contributed by atoms with Crippen LogP contribution in [0.3, 0.4) is 0 Å². The normalized spacial score (nSPS) is 11.2. The van der Waals surface area contributed by atoms with Crippen molar-refractivity contribution in [1.29, 1.82) is 5.41 Å². The van der Waals surface area contributed by atoms with Gasteiger partial charge >= 0.3 is 6.36 Å². The van der Waals surface area contributed by atoms with Gasteiger partial charge in [0.2, 0.25) is 0 Å². The molecule has 1 aromatic rings.